The Kier molecular flexibility index (Phi) is 5.74. The van der Waals surface area contributed by atoms with Gasteiger partial charge in [-0.25, -0.2) is 8.42 Å². The van der Waals surface area contributed by atoms with Crippen LogP contribution in [0, 0.1) is 0 Å². The summed E-state index contributed by atoms with van der Waals surface area (Å²) in [5, 5.41) is 11.4. The zero-order valence-electron chi connectivity index (χ0n) is 11.0. The van der Waals surface area contributed by atoms with Gasteiger partial charge < -0.3 is 10.4 Å². The van der Waals surface area contributed by atoms with Gasteiger partial charge in [0.15, 0.2) is 9.84 Å². The van der Waals surface area contributed by atoms with Crippen molar-refractivity contribution >= 4 is 21.7 Å². The number of amides is 1. The second-order valence-electron chi connectivity index (χ2n) is 4.77. The van der Waals surface area contributed by atoms with Gasteiger partial charge in [0.1, 0.15) is 0 Å². The number of aliphatic carboxylic acids is 1. The van der Waals surface area contributed by atoms with Crippen LogP contribution in [-0.4, -0.2) is 67.5 Å². The first kappa shape index (κ1) is 15.9. The second kappa shape index (κ2) is 6.85. The number of sulfone groups is 1. The van der Waals surface area contributed by atoms with Crippen LogP contribution in [0.5, 0.6) is 0 Å². The Labute approximate surface area is 112 Å². The average molecular weight is 292 g/mol. The van der Waals surface area contributed by atoms with Gasteiger partial charge >= 0.3 is 5.97 Å². The number of nitrogens with one attached hydrogen (secondary N) is 1. The maximum Gasteiger partial charge on any atom is 0.317 e. The van der Waals surface area contributed by atoms with Crippen LogP contribution in [0.15, 0.2) is 0 Å². The minimum atomic E-state index is -3.02. The number of carboxylic acids is 1. The van der Waals surface area contributed by atoms with Crippen molar-refractivity contribution < 1.29 is 23.1 Å². The molecule has 8 heteroatoms. The van der Waals surface area contributed by atoms with Crippen molar-refractivity contribution in [3.05, 3.63) is 0 Å². The maximum absolute atomic E-state index is 11.7. The fourth-order valence-corrected chi connectivity index (χ4v) is 3.78. The minimum Gasteiger partial charge on any atom is -0.480 e. The van der Waals surface area contributed by atoms with E-state index in [1.54, 1.807) is 0 Å². The monoisotopic (exact) mass is 292 g/mol. The number of rotatable bonds is 7. The first-order valence-electron chi connectivity index (χ1n) is 6.26. The van der Waals surface area contributed by atoms with Crippen molar-refractivity contribution in [3.63, 3.8) is 0 Å². The van der Waals surface area contributed by atoms with Gasteiger partial charge in [-0.3, -0.25) is 14.5 Å². The fourth-order valence-electron chi connectivity index (χ4n) is 2.11. The van der Waals surface area contributed by atoms with Gasteiger partial charge in [0, 0.05) is 6.04 Å². The highest BCUT2D eigenvalue weighted by Gasteiger charge is 2.29. The van der Waals surface area contributed by atoms with Gasteiger partial charge in [0.2, 0.25) is 5.91 Å². The van der Waals surface area contributed by atoms with Crippen LogP contribution in [0.25, 0.3) is 0 Å². The predicted octanol–water partition coefficient (Wildman–Crippen LogP) is -0.914. The van der Waals surface area contributed by atoms with Gasteiger partial charge in [-0.2, -0.15) is 0 Å². The van der Waals surface area contributed by atoms with Gasteiger partial charge in [-0.1, -0.05) is 6.92 Å². The lowest BCUT2D eigenvalue weighted by Crippen LogP contribution is -2.44. The normalized spacial score (nSPS) is 21.5. The van der Waals surface area contributed by atoms with Crippen LogP contribution < -0.4 is 5.32 Å². The molecule has 0 bridgehead atoms. The van der Waals surface area contributed by atoms with Crippen LogP contribution in [-0.2, 0) is 19.4 Å². The molecule has 0 spiro atoms. The van der Waals surface area contributed by atoms with Gasteiger partial charge in [-0.15, -0.1) is 0 Å². The zero-order chi connectivity index (χ0) is 14.5. The quantitative estimate of drug-likeness (QED) is 0.629. The predicted molar refractivity (Wildman–Crippen MR) is 69.6 cm³/mol. The smallest absolute Gasteiger partial charge is 0.317 e. The van der Waals surface area contributed by atoms with Crippen molar-refractivity contribution in [2.45, 2.75) is 25.8 Å². The first-order valence-corrected chi connectivity index (χ1v) is 8.08. The van der Waals surface area contributed by atoms with Gasteiger partial charge in [0.25, 0.3) is 0 Å². The highest BCUT2D eigenvalue weighted by atomic mass is 32.2. The van der Waals surface area contributed by atoms with Crippen LogP contribution in [0.3, 0.4) is 0 Å². The maximum atomic E-state index is 11.7. The Morgan fingerprint density at radius 3 is 2.53 bits per heavy atom. The minimum absolute atomic E-state index is 0.0172. The molecule has 0 aliphatic carbocycles. The van der Waals surface area contributed by atoms with E-state index in [0.717, 1.165) is 6.42 Å². The molecule has 0 saturated carbocycles. The molecule has 2 N–H and O–H groups in total. The average Bonchev–Trinajstić information content (AvgIpc) is 2.56. The largest absolute Gasteiger partial charge is 0.480 e. The fraction of sp³-hybridized carbons (Fsp3) is 0.818. The number of hydrogen-bond donors (Lipinski definition) is 2. The second-order valence-corrected chi connectivity index (χ2v) is 7.00. The summed E-state index contributed by atoms with van der Waals surface area (Å²) in [7, 11) is -3.02. The third-order valence-corrected chi connectivity index (χ3v) is 4.63. The van der Waals surface area contributed by atoms with Crippen molar-refractivity contribution in [2.24, 2.45) is 0 Å². The Bertz CT molecular complexity index is 434. The number of carboxylic acid groups (broad SMARTS) is 1. The van der Waals surface area contributed by atoms with Crippen LogP contribution in [0.1, 0.15) is 19.8 Å². The summed E-state index contributed by atoms with van der Waals surface area (Å²) in [6.45, 7) is 2.21. The van der Waals surface area contributed by atoms with Gasteiger partial charge in [0.05, 0.1) is 24.6 Å². The number of nitrogens with zero attached hydrogens (tertiary/aromatic N) is 1. The molecule has 1 rings (SSSR count). The summed E-state index contributed by atoms with van der Waals surface area (Å²) in [4.78, 5) is 23.9. The molecule has 19 heavy (non-hydrogen) atoms. The lowest BCUT2D eigenvalue weighted by molar-refractivity contribution is -0.138. The van der Waals surface area contributed by atoms with Crippen LogP contribution in [0.4, 0.5) is 0 Å². The molecule has 1 saturated heterocycles. The van der Waals surface area contributed by atoms with Crippen molar-refractivity contribution in [3.8, 4) is 0 Å². The summed E-state index contributed by atoms with van der Waals surface area (Å²) in [6, 6.07) is -0.342. The molecular weight excluding hydrogens is 272 g/mol. The van der Waals surface area contributed by atoms with Crippen molar-refractivity contribution in [1.29, 1.82) is 0 Å². The number of carbonyl (C=O) groups excluding carboxylic acids is 1. The van der Waals surface area contributed by atoms with E-state index in [2.05, 4.69) is 5.32 Å². The molecule has 0 aromatic rings. The topological polar surface area (TPSA) is 104 Å². The summed E-state index contributed by atoms with van der Waals surface area (Å²) in [6.07, 6.45) is 1.18. The van der Waals surface area contributed by atoms with E-state index in [9.17, 15) is 18.0 Å². The molecule has 7 nitrogen and oxygen atoms in total. The summed E-state index contributed by atoms with van der Waals surface area (Å²) >= 11 is 0. The summed E-state index contributed by atoms with van der Waals surface area (Å²) < 4.78 is 22.5. The Morgan fingerprint density at radius 2 is 2.05 bits per heavy atom. The summed E-state index contributed by atoms with van der Waals surface area (Å²) in [5.41, 5.74) is 0. The molecular formula is C11H20N2O5S. The molecule has 0 aromatic heterocycles. The highest BCUT2D eigenvalue weighted by molar-refractivity contribution is 7.91. The summed E-state index contributed by atoms with van der Waals surface area (Å²) in [5.74, 6) is -1.22. The SMILES string of the molecule is CCCN(CC(=O)O)CC(=O)NC1CCS(=O)(=O)C1. The van der Waals surface area contributed by atoms with E-state index in [0.29, 0.717) is 13.0 Å². The molecule has 0 aromatic carbocycles. The van der Waals surface area contributed by atoms with Gasteiger partial charge in [-0.05, 0) is 19.4 Å². The molecule has 1 aliphatic heterocycles. The molecule has 1 heterocycles. The van der Waals surface area contributed by atoms with E-state index in [4.69, 9.17) is 5.11 Å². The lowest BCUT2D eigenvalue weighted by atomic mass is 10.2. The van der Waals surface area contributed by atoms with E-state index in [1.165, 1.54) is 4.90 Å². The third-order valence-electron chi connectivity index (χ3n) is 2.86. The van der Waals surface area contributed by atoms with E-state index in [1.807, 2.05) is 6.92 Å². The standard InChI is InChI=1S/C11H20N2O5S/c1-2-4-13(7-11(15)16)6-10(14)12-9-3-5-19(17,18)8-9/h9H,2-8H2,1H3,(H,12,14)(H,15,16). The zero-order valence-corrected chi connectivity index (χ0v) is 11.8. The van der Waals surface area contributed by atoms with Crippen molar-refractivity contribution in [2.75, 3.05) is 31.1 Å². The molecule has 1 amide bonds. The lowest BCUT2D eigenvalue weighted by Gasteiger charge is -2.20. The van der Waals surface area contributed by atoms with E-state index < -0.39 is 15.8 Å². The Morgan fingerprint density at radius 1 is 1.37 bits per heavy atom. The Hall–Kier alpha value is -1.15. The highest BCUT2D eigenvalue weighted by Crippen LogP contribution is 2.11. The number of hydrogen-bond acceptors (Lipinski definition) is 5. The van der Waals surface area contributed by atoms with Crippen LogP contribution >= 0.6 is 0 Å². The van der Waals surface area contributed by atoms with Crippen molar-refractivity contribution in [1.82, 2.24) is 10.2 Å². The molecule has 1 aliphatic rings. The van der Waals surface area contributed by atoms with Crippen LogP contribution in [0.2, 0.25) is 0 Å². The Balaban J connectivity index is 2.42. The van der Waals surface area contributed by atoms with E-state index >= 15 is 0 Å². The first-order chi connectivity index (χ1) is 8.82. The van der Waals surface area contributed by atoms with E-state index in [-0.39, 0.29) is 36.5 Å². The molecule has 110 valence electrons. The third kappa shape index (κ3) is 6.02. The molecule has 1 fully saturated rings. The molecule has 1 unspecified atom stereocenters. The number of carbonyl (C=O) groups is 2. The molecule has 0 radical (unpaired) electrons. The molecule has 1 atom stereocenters.